The summed E-state index contributed by atoms with van der Waals surface area (Å²) in [4.78, 5) is 4.87. The Hall–Kier alpha value is -3.93. The molecule has 2 aromatic carbocycles. The summed E-state index contributed by atoms with van der Waals surface area (Å²) in [7, 11) is 1.90. The molecule has 0 radical (unpaired) electrons. The second-order valence-corrected chi connectivity index (χ2v) is 7.94. The average Bonchev–Trinajstić information content (AvgIpc) is 3.44. The Morgan fingerprint density at radius 2 is 1.78 bits per heavy atom. The summed E-state index contributed by atoms with van der Waals surface area (Å²) in [5.41, 5.74) is 7.31. The first kappa shape index (κ1) is 20.0. The fraction of sp³-hybridized carbons (Fsp3) is 0.192. The van der Waals surface area contributed by atoms with Gasteiger partial charge in [0.2, 0.25) is 5.88 Å². The van der Waals surface area contributed by atoms with Gasteiger partial charge in [-0.2, -0.15) is 5.10 Å². The molecule has 0 unspecified atom stereocenters. The van der Waals surface area contributed by atoms with E-state index in [9.17, 15) is 0 Å². The van der Waals surface area contributed by atoms with Gasteiger partial charge in [-0.15, -0.1) is 5.10 Å². The van der Waals surface area contributed by atoms with Crippen LogP contribution in [0.2, 0.25) is 0 Å². The normalized spacial score (nSPS) is 11.2. The minimum absolute atomic E-state index is 0.441. The van der Waals surface area contributed by atoms with Crippen LogP contribution in [-0.2, 0) is 20.2 Å². The van der Waals surface area contributed by atoms with E-state index in [1.165, 1.54) is 5.56 Å². The van der Waals surface area contributed by atoms with Gasteiger partial charge in [0, 0.05) is 42.5 Å². The maximum Gasteiger partial charge on any atom is 0.241 e. The van der Waals surface area contributed by atoms with Gasteiger partial charge < -0.3 is 4.74 Å². The van der Waals surface area contributed by atoms with E-state index >= 15 is 0 Å². The first-order chi connectivity index (χ1) is 15.6. The summed E-state index contributed by atoms with van der Waals surface area (Å²) in [6.45, 7) is 5.44. The summed E-state index contributed by atoms with van der Waals surface area (Å²) in [5, 5.41) is 10.0. The number of hydrogen-bond donors (Lipinski definition) is 0. The minimum atomic E-state index is 0.441. The molecule has 3 aromatic heterocycles. The van der Waals surface area contributed by atoms with Crippen molar-refractivity contribution in [2.75, 3.05) is 0 Å². The van der Waals surface area contributed by atoms with E-state index in [0.717, 1.165) is 45.4 Å². The SMILES string of the molecule is CCn1cc(-c2cn(C)nc2OCc2ccc(-c3nc4ccccc4cc3C)cc2)cn1. The van der Waals surface area contributed by atoms with Gasteiger partial charge in [-0.05, 0) is 37.1 Å². The third-order valence-electron chi connectivity index (χ3n) is 5.58. The number of nitrogens with zero attached hydrogens (tertiary/aromatic N) is 5. The Labute approximate surface area is 187 Å². The van der Waals surface area contributed by atoms with Crippen molar-refractivity contribution in [3.8, 4) is 28.3 Å². The summed E-state index contributed by atoms with van der Waals surface area (Å²) >= 11 is 0. The van der Waals surface area contributed by atoms with Gasteiger partial charge in [0.1, 0.15) is 6.61 Å². The molecule has 0 aliphatic carbocycles. The number of aryl methyl sites for hydroxylation is 3. The lowest BCUT2D eigenvalue weighted by Crippen LogP contribution is -1.98. The highest BCUT2D eigenvalue weighted by molar-refractivity contribution is 5.83. The van der Waals surface area contributed by atoms with Gasteiger partial charge in [-0.1, -0.05) is 42.5 Å². The van der Waals surface area contributed by atoms with Gasteiger partial charge >= 0.3 is 0 Å². The van der Waals surface area contributed by atoms with Crippen molar-refractivity contribution >= 4 is 10.9 Å². The van der Waals surface area contributed by atoms with Crippen molar-refractivity contribution in [2.24, 2.45) is 7.05 Å². The molecular formula is C26H25N5O. The first-order valence-electron chi connectivity index (χ1n) is 10.8. The van der Waals surface area contributed by atoms with Gasteiger partial charge in [0.15, 0.2) is 0 Å². The third kappa shape index (κ3) is 3.87. The Balaban J connectivity index is 1.35. The van der Waals surface area contributed by atoms with Crippen LogP contribution in [0.4, 0.5) is 0 Å². The molecule has 5 aromatic rings. The molecule has 160 valence electrons. The van der Waals surface area contributed by atoms with Crippen molar-refractivity contribution < 1.29 is 4.74 Å². The summed E-state index contributed by atoms with van der Waals surface area (Å²) in [6.07, 6.45) is 5.82. The molecule has 0 aliphatic rings. The number of para-hydroxylation sites is 1. The number of benzene rings is 2. The molecule has 3 heterocycles. The smallest absolute Gasteiger partial charge is 0.241 e. The highest BCUT2D eigenvalue weighted by Gasteiger charge is 2.14. The maximum atomic E-state index is 6.08. The zero-order valence-corrected chi connectivity index (χ0v) is 18.5. The number of aromatic nitrogens is 5. The Bertz CT molecular complexity index is 1380. The van der Waals surface area contributed by atoms with E-state index in [1.807, 2.05) is 42.5 Å². The van der Waals surface area contributed by atoms with E-state index < -0.39 is 0 Å². The number of rotatable bonds is 6. The van der Waals surface area contributed by atoms with Crippen molar-refractivity contribution in [3.05, 3.63) is 84.3 Å². The molecule has 0 spiro atoms. The minimum Gasteiger partial charge on any atom is -0.471 e. The average molecular weight is 424 g/mol. The molecule has 0 saturated carbocycles. The van der Waals surface area contributed by atoms with Crippen LogP contribution in [0.3, 0.4) is 0 Å². The van der Waals surface area contributed by atoms with Crippen LogP contribution < -0.4 is 4.74 Å². The number of fused-ring (bicyclic) bond motifs is 1. The lowest BCUT2D eigenvalue weighted by Gasteiger charge is -2.09. The molecular weight excluding hydrogens is 398 g/mol. The zero-order chi connectivity index (χ0) is 22.1. The molecule has 0 N–H and O–H groups in total. The molecule has 6 heteroatoms. The topological polar surface area (TPSA) is 57.8 Å². The van der Waals surface area contributed by atoms with Crippen LogP contribution in [-0.4, -0.2) is 24.5 Å². The lowest BCUT2D eigenvalue weighted by molar-refractivity contribution is 0.292. The first-order valence-corrected chi connectivity index (χ1v) is 10.8. The fourth-order valence-corrected chi connectivity index (χ4v) is 3.87. The van der Waals surface area contributed by atoms with Gasteiger partial charge in [-0.3, -0.25) is 9.36 Å². The van der Waals surface area contributed by atoms with Gasteiger partial charge in [0.25, 0.3) is 0 Å². The molecule has 0 fully saturated rings. The second kappa shape index (κ2) is 8.30. The zero-order valence-electron chi connectivity index (χ0n) is 18.5. The molecule has 0 bridgehead atoms. The Morgan fingerprint density at radius 3 is 2.56 bits per heavy atom. The van der Waals surface area contributed by atoms with Crippen molar-refractivity contribution in [2.45, 2.75) is 27.0 Å². The maximum absolute atomic E-state index is 6.08. The summed E-state index contributed by atoms with van der Waals surface area (Å²) in [5.74, 6) is 0.610. The quantitative estimate of drug-likeness (QED) is 0.367. The van der Waals surface area contributed by atoms with E-state index in [4.69, 9.17) is 9.72 Å². The van der Waals surface area contributed by atoms with E-state index in [2.05, 4.69) is 66.5 Å². The lowest BCUT2D eigenvalue weighted by atomic mass is 10.0. The molecule has 6 nitrogen and oxygen atoms in total. The third-order valence-corrected chi connectivity index (χ3v) is 5.58. The number of ether oxygens (including phenoxy) is 1. The summed E-state index contributed by atoms with van der Waals surface area (Å²) < 4.78 is 9.75. The van der Waals surface area contributed by atoms with Crippen molar-refractivity contribution in [1.29, 1.82) is 0 Å². The number of pyridine rings is 1. The largest absolute Gasteiger partial charge is 0.471 e. The Morgan fingerprint density at radius 1 is 0.969 bits per heavy atom. The molecule has 0 amide bonds. The van der Waals surface area contributed by atoms with Crippen LogP contribution in [0.25, 0.3) is 33.3 Å². The van der Waals surface area contributed by atoms with Crippen LogP contribution in [0, 0.1) is 6.92 Å². The van der Waals surface area contributed by atoms with Crippen molar-refractivity contribution in [3.63, 3.8) is 0 Å². The fourth-order valence-electron chi connectivity index (χ4n) is 3.87. The van der Waals surface area contributed by atoms with E-state index in [-0.39, 0.29) is 0 Å². The van der Waals surface area contributed by atoms with Crippen molar-refractivity contribution in [1.82, 2.24) is 24.5 Å². The van der Waals surface area contributed by atoms with Crippen LogP contribution in [0.15, 0.2) is 73.2 Å². The molecule has 5 rings (SSSR count). The van der Waals surface area contributed by atoms with Crippen LogP contribution in [0.5, 0.6) is 5.88 Å². The standard InChI is InChI=1S/C26H25N5O/c1-4-31-15-22(14-27-31)23-16-30(3)29-26(23)32-17-19-9-11-20(12-10-19)25-18(2)13-21-7-5-6-8-24(21)28-25/h5-16H,4,17H2,1-3H3. The highest BCUT2D eigenvalue weighted by atomic mass is 16.5. The molecule has 32 heavy (non-hydrogen) atoms. The monoisotopic (exact) mass is 423 g/mol. The van der Waals surface area contributed by atoms with E-state index in [0.29, 0.717) is 12.5 Å². The highest BCUT2D eigenvalue weighted by Crippen LogP contribution is 2.29. The Kier molecular flexibility index (Phi) is 5.19. The predicted molar refractivity (Wildman–Crippen MR) is 126 cm³/mol. The van der Waals surface area contributed by atoms with Gasteiger partial charge in [0.05, 0.1) is 23.0 Å². The molecule has 0 aliphatic heterocycles. The number of hydrogen-bond acceptors (Lipinski definition) is 4. The van der Waals surface area contributed by atoms with Crippen LogP contribution in [0.1, 0.15) is 18.1 Å². The molecule has 0 atom stereocenters. The van der Waals surface area contributed by atoms with E-state index in [1.54, 1.807) is 4.68 Å². The van der Waals surface area contributed by atoms with Gasteiger partial charge in [-0.25, -0.2) is 4.98 Å². The molecule has 0 saturated heterocycles. The summed E-state index contributed by atoms with van der Waals surface area (Å²) in [6, 6.07) is 18.8. The van der Waals surface area contributed by atoms with Crippen LogP contribution >= 0.6 is 0 Å². The second-order valence-electron chi connectivity index (χ2n) is 7.94. The predicted octanol–water partition coefficient (Wildman–Crippen LogP) is 5.41.